The third kappa shape index (κ3) is 5.55. The summed E-state index contributed by atoms with van der Waals surface area (Å²) in [7, 11) is 1.76. The van der Waals surface area contributed by atoms with Crippen LogP contribution in [0.25, 0.3) is 28.1 Å². The van der Waals surface area contributed by atoms with Crippen LogP contribution in [0.15, 0.2) is 107 Å². The van der Waals surface area contributed by atoms with Crippen molar-refractivity contribution in [1.29, 1.82) is 0 Å². The molecule has 0 bridgehead atoms. The molecule has 0 saturated heterocycles. The topological polar surface area (TPSA) is 82.6 Å². The van der Waals surface area contributed by atoms with E-state index in [-0.39, 0.29) is 23.1 Å². The summed E-state index contributed by atoms with van der Waals surface area (Å²) >= 11 is 6.32. The molecular formula is C30H22ClF2N6O2+. The average molecular weight is 572 g/mol. The van der Waals surface area contributed by atoms with Crippen LogP contribution in [0.2, 0.25) is 5.02 Å². The van der Waals surface area contributed by atoms with Gasteiger partial charge in [0.1, 0.15) is 22.9 Å². The Morgan fingerprint density at radius 2 is 1.68 bits per heavy atom. The van der Waals surface area contributed by atoms with E-state index >= 15 is 0 Å². The molecule has 204 valence electrons. The number of rotatable bonds is 7. The third-order valence-electron chi connectivity index (χ3n) is 6.63. The lowest BCUT2D eigenvalue weighted by atomic mass is 10.0. The van der Waals surface area contributed by atoms with Crippen molar-refractivity contribution in [3.8, 4) is 28.1 Å². The van der Waals surface area contributed by atoms with Gasteiger partial charge in [-0.05, 0) is 71.8 Å². The summed E-state index contributed by atoms with van der Waals surface area (Å²) in [6.07, 6.45) is 5.21. The van der Waals surface area contributed by atoms with E-state index in [1.807, 2.05) is 0 Å². The lowest BCUT2D eigenvalue weighted by molar-refractivity contribution is -0.731. The molecule has 0 aliphatic carbocycles. The highest BCUT2D eigenvalue weighted by Gasteiger charge is 2.23. The molecule has 0 aliphatic heterocycles. The predicted molar refractivity (Wildman–Crippen MR) is 147 cm³/mol. The summed E-state index contributed by atoms with van der Waals surface area (Å²) in [5.41, 5.74) is 3.12. The molecular weight excluding hydrogens is 550 g/mol. The van der Waals surface area contributed by atoms with Crippen molar-refractivity contribution in [2.75, 3.05) is 0 Å². The molecule has 6 rings (SSSR count). The number of nitrogens with zero attached hydrogens (tertiary/aromatic N) is 6. The molecule has 41 heavy (non-hydrogen) atoms. The highest BCUT2D eigenvalue weighted by molar-refractivity contribution is 6.31. The molecule has 0 radical (unpaired) electrons. The van der Waals surface area contributed by atoms with Gasteiger partial charge in [-0.2, -0.15) is 0 Å². The van der Waals surface area contributed by atoms with Gasteiger partial charge in [0, 0.05) is 34.8 Å². The van der Waals surface area contributed by atoms with Crippen molar-refractivity contribution in [2.24, 2.45) is 7.05 Å². The summed E-state index contributed by atoms with van der Waals surface area (Å²) < 4.78 is 37.8. The zero-order chi connectivity index (χ0) is 28.5. The summed E-state index contributed by atoms with van der Waals surface area (Å²) in [5, 5.41) is 8.61. The second-order valence-corrected chi connectivity index (χ2v) is 9.89. The summed E-state index contributed by atoms with van der Waals surface area (Å²) in [5.74, 6) is -0.0184. The van der Waals surface area contributed by atoms with Crippen molar-refractivity contribution in [3.63, 3.8) is 0 Å². The largest absolute Gasteiger partial charge is 0.438 e. The van der Waals surface area contributed by atoms with Crippen molar-refractivity contribution < 1.29 is 17.9 Å². The molecule has 0 saturated carbocycles. The molecule has 3 aromatic heterocycles. The van der Waals surface area contributed by atoms with Gasteiger partial charge in [0.25, 0.3) is 5.56 Å². The van der Waals surface area contributed by atoms with Gasteiger partial charge in [-0.3, -0.25) is 4.79 Å². The van der Waals surface area contributed by atoms with Crippen LogP contribution in [0.4, 0.5) is 8.78 Å². The first-order valence-electron chi connectivity index (χ1n) is 12.6. The second kappa shape index (κ2) is 10.9. The molecule has 3 heterocycles. The summed E-state index contributed by atoms with van der Waals surface area (Å²) in [4.78, 5) is 18.1. The van der Waals surface area contributed by atoms with Gasteiger partial charge >= 0.3 is 0 Å². The lowest BCUT2D eigenvalue weighted by Crippen LogP contribution is -2.28. The minimum Gasteiger partial charge on any atom is -0.438 e. The summed E-state index contributed by atoms with van der Waals surface area (Å²) in [6, 6.07) is 19.8. The lowest BCUT2D eigenvalue weighted by Gasteiger charge is -2.18. The highest BCUT2D eigenvalue weighted by atomic mass is 35.5. The number of tetrazole rings is 1. The Bertz CT molecular complexity index is 1900. The average Bonchev–Trinajstić information content (AvgIpc) is 3.63. The smallest absolute Gasteiger partial charge is 0.251 e. The monoisotopic (exact) mass is 571 g/mol. The molecule has 0 spiro atoms. The van der Waals surface area contributed by atoms with Crippen LogP contribution in [0.1, 0.15) is 17.5 Å². The maximum atomic E-state index is 13.6. The Kier molecular flexibility index (Phi) is 6.98. The minimum absolute atomic E-state index is 0.280. The van der Waals surface area contributed by atoms with Crippen LogP contribution in [0.5, 0.6) is 0 Å². The highest BCUT2D eigenvalue weighted by Crippen LogP contribution is 2.30. The number of halogens is 3. The first-order chi connectivity index (χ1) is 19.8. The van der Waals surface area contributed by atoms with Gasteiger partial charge in [-0.15, -0.1) is 4.68 Å². The fraction of sp³-hybridized carbons (Fsp3) is 0.100. The van der Waals surface area contributed by atoms with Gasteiger partial charge in [-0.1, -0.05) is 28.4 Å². The van der Waals surface area contributed by atoms with Crippen molar-refractivity contribution >= 4 is 11.6 Å². The number of hydrogen-bond donors (Lipinski definition) is 0. The number of aryl methyl sites for hydroxylation is 1. The maximum Gasteiger partial charge on any atom is 0.251 e. The van der Waals surface area contributed by atoms with E-state index in [0.29, 0.717) is 39.6 Å². The van der Waals surface area contributed by atoms with Crippen LogP contribution in [-0.2, 0) is 13.5 Å². The van der Waals surface area contributed by atoms with Crippen molar-refractivity contribution in [1.82, 2.24) is 24.7 Å². The molecule has 0 fully saturated rings. The van der Waals surface area contributed by atoms with Crippen LogP contribution in [0, 0.1) is 11.6 Å². The van der Waals surface area contributed by atoms with E-state index in [2.05, 4.69) is 15.4 Å². The van der Waals surface area contributed by atoms with Crippen LogP contribution < -0.4 is 10.2 Å². The Hall–Kier alpha value is -4.96. The van der Waals surface area contributed by atoms with E-state index in [4.69, 9.17) is 16.0 Å². The zero-order valence-corrected chi connectivity index (χ0v) is 22.4. The van der Waals surface area contributed by atoms with E-state index in [0.717, 1.165) is 5.56 Å². The maximum absolute atomic E-state index is 13.6. The number of oxazole rings is 1. The molecule has 0 amide bonds. The number of hydrogen-bond acceptors (Lipinski definition) is 5. The molecule has 6 aromatic rings. The van der Waals surface area contributed by atoms with Crippen molar-refractivity contribution in [3.05, 3.63) is 136 Å². The Morgan fingerprint density at radius 3 is 2.37 bits per heavy atom. The fourth-order valence-corrected chi connectivity index (χ4v) is 4.78. The van der Waals surface area contributed by atoms with Crippen LogP contribution >= 0.6 is 11.6 Å². The van der Waals surface area contributed by atoms with E-state index < -0.39 is 6.04 Å². The van der Waals surface area contributed by atoms with Gasteiger partial charge in [-0.25, -0.2) is 13.8 Å². The van der Waals surface area contributed by atoms with E-state index in [9.17, 15) is 13.6 Å². The van der Waals surface area contributed by atoms with E-state index in [1.54, 1.807) is 77.5 Å². The number of benzene rings is 3. The zero-order valence-electron chi connectivity index (χ0n) is 21.7. The summed E-state index contributed by atoms with van der Waals surface area (Å²) in [6.45, 7) is 0. The number of aromatic nitrogens is 6. The molecule has 8 nitrogen and oxygen atoms in total. The first-order valence-corrected chi connectivity index (χ1v) is 13.0. The SMILES string of the molecule is C[n+]1cn(-c2ccc(Cl)cc2-c2ccn(C(Cc3ccc(F)cc3)c3ncc(-c4ccc(F)cc4)o3)c(=O)c2)nn1. The molecule has 3 aromatic carbocycles. The first kappa shape index (κ1) is 26.3. The molecule has 11 heteroatoms. The molecule has 0 aliphatic rings. The molecule has 1 unspecified atom stereocenters. The van der Waals surface area contributed by atoms with E-state index in [1.165, 1.54) is 41.1 Å². The van der Waals surface area contributed by atoms with Crippen molar-refractivity contribution in [2.45, 2.75) is 12.5 Å². The van der Waals surface area contributed by atoms with Gasteiger partial charge < -0.3 is 8.98 Å². The Morgan fingerprint density at radius 1 is 0.951 bits per heavy atom. The van der Waals surface area contributed by atoms with Gasteiger partial charge in [0.05, 0.1) is 13.2 Å². The Balaban J connectivity index is 1.42. The minimum atomic E-state index is -0.649. The van der Waals surface area contributed by atoms with Crippen LogP contribution in [0.3, 0.4) is 0 Å². The number of pyridine rings is 1. The molecule has 1 atom stereocenters. The second-order valence-electron chi connectivity index (χ2n) is 9.45. The van der Waals surface area contributed by atoms with Crippen LogP contribution in [-0.4, -0.2) is 24.7 Å². The predicted octanol–water partition coefficient (Wildman–Crippen LogP) is 5.34. The van der Waals surface area contributed by atoms with Gasteiger partial charge in [0.2, 0.25) is 12.2 Å². The molecule has 0 N–H and O–H groups in total. The normalized spacial score (nSPS) is 12.0. The standard InChI is InChI=1S/C30H22ClF2N6O2/c1-37-18-39(36-35-37)26-11-6-22(31)16-25(26)21-12-13-38(29(40)15-21)27(14-19-2-7-23(32)8-3-19)30-34-17-28(41-30)20-4-9-24(33)10-5-20/h2-13,15-18,27H,14H2,1H3/q+1. The van der Waals surface area contributed by atoms with Gasteiger partial charge in [0.15, 0.2) is 16.7 Å². The Labute approximate surface area is 237 Å². The quantitative estimate of drug-likeness (QED) is 0.242. The third-order valence-corrected chi connectivity index (χ3v) is 6.87. The fourth-order valence-electron chi connectivity index (χ4n) is 4.61.